The Morgan fingerprint density at radius 1 is 1.19 bits per heavy atom. The highest BCUT2D eigenvalue weighted by atomic mass is 35.5. The topological polar surface area (TPSA) is 57.7 Å². The maximum atomic E-state index is 13.5. The van der Waals surface area contributed by atoms with E-state index >= 15 is 0 Å². The Morgan fingerprint density at radius 2 is 1.89 bits per heavy atom. The highest BCUT2D eigenvalue weighted by Gasteiger charge is 2.63. The number of halogens is 1. The van der Waals surface area contributed by atoms with Gasteiger partial charge in [0.25, 0.3) is 5.91 Å². The standard InChI is InChI=1S/C20H17ClN2O3S/c1-11-8-9-14(10-16(11)21)23-18(25)12(2)27-20(23)15-6-4-5-7-17(15)22(13(3)24)19(20)26/h4-10,12H,1-3H3/t12-,20-/m0/s1. The highest BCUT2D eigenvalue weighted by molar-refractivity contribution is 8.03. The monoisotopic (exact) mass is 400 g/mol. The molecule has 0 aromatic heterocycles. The van der Waals surface area contributed by atoms with E-state index in [0.29, 0.717) is 22.0 Å². The van der Waals surface area contributed by atoms with Gasteiger partial charge in [-0.15, -0.1) is 11.8 Å². The van der Waals surface area contributed by atoms with Gasteiger partial charge in [0, 0.05) is 23.2 Å². The van der Waals surface area contributed by atoms with Gasteiger partial charge in [0.05, 0.1) is 10.9 Å². The van der Waals surface area contributed by atoms with Crippen LogP contribution in [0.2, 0.25) is 5.02 Å². The van der Waals surface area contributed by atoms with Crippen LogP contribution in [0.4, 0.5) is 11.4 Å². The number of para-hydroxylation sites is 1. The van der Waals surface area contributed by atoms with Gasteiger partial charge in [0.2, 0.25) is 16.7 Å². The Morgan fingerprint density at radius 3 is 2.56 bits per heavy atom. The molecule has 0 bridgehead atoms. The van der Waals surface area contributed by atoms with Crippen molar-refractivity contribution in [1.29, 1.82) is 0 Å². The zero-order valence-electron chi connectivity index (χ0n) is 15.0. The van der Waals surface area contributed by atoms with Crippen molar-refractivity contribution in [3.05, 3.63) is 58.6 Å². The summed E-state index contributed by atoms with van der Waals surface area (Å²) >= 11 is 7.55. The van der Waals surface area contributed by atoms with Gasteiger partial charge in [0.15, 0.2) is 0 Å². The summed E-state index contributed by atoms with van der Waals surface area (Å²) < 4.78 is 0. The minimum atomic E-state index is -1.31. The van der Waals surface area contributed by atoms with E-state index in [4.69, 9.17) is 11.6 Å². The maximum absolute atomic E-state index is 13.5. The third kappa shape index (κ3) is 2.36. The summed E-state index contributed by atoms with van der Waals surface area (Å²) in [7, 11) is 0. The van der Waals surface area contributed by atoms with Gasteiger partial charge in [-0.3, -0.25) is 19.3 Å². The van der Waals surface area contributed by atoms with Gasteiger partial charge in [-0.05, 0) is 37.6 Å². The molecular weight excluding hydrogens is 384 g/mol. The van der Waals surface area contributed by atoms with E-state index in [1.807, 2.05) is 19.1 Å². The second-order valence-electron chi connectivity index (χ2n) is 6.69. The number of fused-ring (bicyclic) bond motifs is 2. The lowest BCUT2D eigenvalue weighted by Crippen LogP contribution is -2.50. The van der Waals surface area contributed by atoms with Crippen LogP contribution in [-0.4, -0.2) is 23.0 Å². The van der Waals surface area contributed by atoms with E-state index in [1.165, 1.54) is 23.6 Å². The number of thioether (sulfide) groups is 1. The molecule has 2 aromatic carbocycles. The van der Waals surface area contributed by atoms with Crippen molar-refractivity contribution in [2.24, 2.45) is 0 Å². The predicted molar refractivity (Wildman–Crippen MR) is 107 cm³/mol. The first-order valence-electron chi connectivity index (χ1n) is 8.51. The van der Waals surface area contributed by atoms with Gasteiger partial charge in [-0.1, -0.05) is 35.9 Å². The zero-order valence-corrected chi connectivity index (χ0v) is 16.6. The van der Waals surface area contributed by atoms with Crippen LogP contribution in [0, 0.1) is 6.92 Å². The van der Waals surface area contributed by atoms with Crippen molar-refractivity contribution in [1.82, 2.24) is 0 Å². The van der Waals surface area contributed by atoms with Crippen molar-refractivity contribution in [3.8, 4) is 0 Å². The normalized spacial score (nSPS) is 24.1. The van der Waals surface area contributed by atoms with E-state index in [9.17, 15) is 14.4 Å². The fraction of sp³-hybridized carbons (Fsp3) is 0.250. The average molecular weight is 401 g/mol. The van der Waals surface area contributed by atoms with Crippen LogP contribution in [0.3, 0.4) is 0 Å². The van der Waals surface area contributed by atoms with Crippen molar-refractivity contribution in [2.75, 3.05) is 9.80 Å². The summed E-state index contributed by atoms with van der Waals surface area (Å²) in [5.41, 5.74) is 2.59. The van der Waals surface area contributed by atoms with E-state index in [-0.39, 0.29) is 11.8 Å². The summed E-state index contributed by atoms with van der Waals surface area (Å²) in [4.78, 5) is 40.2. The molecule has 1 saturated heterocycles. The van der Waals surface area contributed by atoms with Gasteiger partial charge >= 0.3 is 0 Å². The van der Waals surface area contributed by atoms with Crippen molar-refractivity contribution < 1.29 is 14.4 Å². The van der Waals surface area contributed by atoms with Crippen LogP contribution in [0.5, 0.6) is 0 Å². The summed E-state index contributed by atoms with van der Waals surface area (Å²) in [5, 5.41) is 0.0798. The minimum Gasteiger partial charge on any atom is -0.283 e. The Hall–Kier alpha value is -2.31. The van der Waals surface area contributed by atoms with Crippen molar-refractivity contribution >= 4 is 52.5 Å². The molecule has 138 valence electrons. The molecule has 0 N–H and O–H groups in total. The van der Waals surface area contributed by atoms with E-state index in [0.717, 1.165) is 10.5 Å². The molecule has 2 aliphatic rings. The summed E-state index contributed by atoms with van der Waals surface area (Å²) in [6, 6.07) is 12.4. The number of hydrogen-bond donors (Lipinski definition) is 0. The number of carbonyl (C=O) groups excluding carboxylic acids is 3. The van der Waals surface area contributed by atoms with Crippen LogP contribution in [0.25, 0.3) is 0 Å². The number of benzene rings is 2. The minimum absolute atomic E-state index is 0.187. The molecule has 2 atom stereocenters. The van der Waals surface area contributed by atoms with Gasteiger partial charge in [0.1, 0.15) is 0 Å². The van der Waals surface area contributed by atoms with Gasteiger partial charge in [-0.25, -0.2) is 4.90 Å². The molecule has 1 fully saturated rings. The van der Waals surface area contributed by atoms with Crippen molar-refractivity contribution in [3.63, 3.8) is 0 Å². The number of imide groups is 1. The van der Waals surface area contributed by atoms with Gasteiger partial charge in [-0.2, -0.15) is 0 Å². The Labute approximate surface area is 166 Å². The summed E-state index contributed by atoms with van der Waals surface area (Å²) in [5.74, 6) is -0.983. The number of rotatable bonds is 1. The summed E-state index contributed by atoms with van der Waals surface area (Å²) in [6.45, 7) is 5.00. The maximum Gasteiger partial charge on any atom is 0.275 e. The molecule has 0 saturated carbocycles. The molecule has 0 aliphatic carbocycles. The van der Waals surface area contributed by atoms with E-state index in [1.54, 1.807) is 37.3 Å². The largest absolute Gasteiger partial charge is 0.283 e. The fourth-order valence-electron chi connectivity index (χ4n) is 3.70. The quantitative estimate of drug-likeness (QED) is 0.729. The number of anilines is 2. The molecule has 0 unspecified atom stereocenters. The van der Waals surface area contributed by atoms with Crippen LogP contribution >= 0.6 is 23.4 Å². The first-order chi connectivity index (χ1) is 12.8. The van der Waals surface area contributed by atoms with Gasteiger partial charge < -0.3 is 0 Å². The first-order valence-corrected chi connectivity index (χ1v) is 9.77. The Balaban J connectivity index is 1.99. The fourth-order valence-corrected chi connectivity index (χ4v) is 5.38. The molecule has 2 aromatic rings. The van der Waals surface area contributed by atoms with Crippen LogP contribution in [0.1, 0.15) is 25.0 Å². The third-order valence-electron chi connectivity index (χ3n) is 4.96. The first kappa shape index (κ1) is 18.1. The molecule has 2 heterocycles. The highest BCUT2D eigenvalue weighted by Crippen LogP contribution is 2.57. The SMILES string of the molecule is CC(=O)N1C(=O)[C@@]2(S[C@@H](C)C(=O)N2c2ccc(C)c(Cl)c2)c2ccccc21. The number of hydrogen-bond acceptors (Lipinski definition) is 4. The molecule has 3 amide bonds. The molecule has 1 spiro atoms. The molecule has 7 heteroatoms. The Kier molecular flexibility index (Phi) is 4.09. The van der Waals surface area contributed by atoms with Crippen LogP contribution < -0.4 is 9.80 Å². The second kappa shape index (κ2) is 6.11. The lowest BCUT2D eigenvalue weighted by molar-refractivity contribution is -0.128. The second-order valence-corrected chi connectivity index (χ2v) is 8.63. The van der Waals surface area contributed by atoms with E-state index in [2.05, 4.69) is 0 Å². The van der Waals surface area contributed by atoms with Crippen molar-refractivity contribution in [2.45, 2.75) is 30.9 Å². The number of carbonyl (C=O) groups is 3. The Bertz CT molecular complexity index is 1010. The predicted octanol–water partition coefficient (Wildman–Crippen LogP) is 3.86. The molecular formula is C20H17ClN2O3S. The van der Waals surface area contributed by atoms with Crippen LogP contribution in [0.15, 0.2) is 42.5 Å². The lowest BCUT2D eigenvalue weighted by Gasteiger charge is -2.33. The number of amides is 3. The van der Waals surface area contributed by atoms with Crippen LogP contribution in [-0.2, 0) is 19.3 Å². The molecule has 2 aliphatic heterocycles. The smallest absolute Gasteiger partial charge is 0.275 e. The van der Waals surface area contributed by atoms with E-state index < -0.39 is 16.0 Å². The lowest BCUT2D eigenvalue weighted by atomic mass is 10.0. The number of nitrogens with zero attached hydrogens (tertiary/aromatic N) is 2. The zero-order chi connectivity index (χ0) is 19.5. The number of aryl methyl sites for hydroxylation is 1. The molecule has 0 radical (unpaired) electrons. The molecule has 4 rings (SSSR count). The molecule has 5 nitrogen and oxygen atoms in total. The molecule has 27 heavy (non-hydrogen) atoms. The third-order valence-corrected chi connectivity index (χ3v) is 6.84. The average Bonchev–Trinajstić information content (AvgIpc) is 3.03. The summed E-state index contributed by atoms with van der Waals surface area (Å²) in [6.07, 6.45) is 0.